The van der Waals surface area contributed by atoms with Gasteiger partial charge in [0.15, 0.2) is 5.82 Å². The molecule has 1 heterocycles. The van der Waals surface area contributed by atoms with Gasteiger partial charge in [0.2, 0.25) is 0 Å². The summed E-state index contributed by atoms with van der Waals surface area (Å²) in [6.07, 6.45) is 4.59. The first-order valence-corrected chi connectivity index (χ1v) is 6.42. The lowest BCUT2D eigenvalue weighted by atomic mass is 10.2. The molecule has 0 aliphatic heterocycles. The van der Waals surface area contributed by atoms with E-state index in [2.05, 4.69) is 22.2 Å². The van der Waals surface area contributed by atoms with Crippen molar-refractivity contribution >= 4 is 5.69 Å². The largest absolute Gasteiger partial charge is 0.385 e. The number of ether oxygens (including phenoxy) is 1. The van der Waals surface area contributed by atoms with Crippen LogP contribution in [0, 0.1) is 0 Å². The van der Waals surface area contributed by atoms with E-state index < -0.39 is 0 Å². The quantitative estimate of drug-likeness (QED) is 0.864. The third kappa shape index (κ3) is 4.03. The highest BCUT2D eigenvalue weighted by Gasteiger charge is 2.04. The lowest BCUT2D eigenvalue weighted by Gasteiger charge is -2.14. The lowest BCUT2D eigenvalue weighted by molar-refractivity contribution is 0.191. The predicted molar refractivity (Wildman–Crippen MR) is 77.0 cm³/mol. The molecule has 0 bridgehead atoms. The summed E-state index contributed by atoms with van der Waals surface area (Å²) in [6, 6.07) is 10.3. The number of nitrogens with one attached hydrogen (secondary N) is 1. The average Bonchev–Trinajstić information content (AvgIpc) is 2.47. The van der Waals surface area contributed by atoms with Gasteiger partial charge in [0.05, 0.1) is 18.1 Å². The number of benzene rings is 1. The van der Waals surface area contributed by atoms with Crippen molar-refractivity contribution in [2.45, 2.75) is 19.4 Å². The van der Waals surface area contributed by atoms with Gasteiger partial charge >= 0.3 is 0 Å². The molecule has 0 spiro atoms. The Bertz CT molecular complexity index is 485. The zero-order valence-electron chi connectivity index (χ0n) is 11.3. The highest BCUT2D eigenvalue weighted by atomic mass is 16.5. The van der Waals surface area contributed by atoms with Gasteiger partial charge in [0, 0.05) is 25.3 Å². The second kappa shape index (κ2) is 6.85. The van der Waals surface area contributed by atoms with E-state index in [1.54, 1.807) is 7.11 Å². The maximum atomic E-state index is 5.06. The molecule has 0 aliphatic carbocycles. The molecule has 1 aromatic heterocycles. The highest BCUT2D eigenvalue weighted by Crippen LogP contribution is 2.15. The molecule has 0 fully saturated rings. The van der Waals surface area contributed by atoms with Crippen LogP contribution in [0.3, 0.4) is 0 Å². The van der Waals surface area contributed by atoms with Crippen molar-refractivity contribution in [1.29, 1.82) is 0 Å². The van der Waals surface area contributed by atoms with Crippen LogP contribution < -0.4 is 5.32 Å². The van der Waals surface area contributed by atoms with Crippen LogP contribution in [-0.2, 0) is 4.74 Å². The van der Waals surface area contributed by atoms with Crippen LogP contribution >= 0.6 is 0 Å². The Morgan fingerprint density at radius 1 is 1.16 bits per heavy atom. The summed E-state index contributed by atoms with van der Waals surface area (Å²) in [6.45, 7) is 2.86. The van der Waals surface area contributed by atoms with Crippen LogP contribution in [0.25, 0.3) is 11.4 Å². The molecule has 1 aromatic carbocycles. The third-order valence-electron chi connectivity index (χ3n) is 2.85. The summed E-state index contributed by atoms with van der Waals surface area (Å²) in [7, 11) is 1.71. The summed E-state index contributed by atoms with van der Waals surface area (Å²) in [5.41, 5.74) is 1.96. The van der Waals surface area contributed by atoms with E-state index in [1.807, 2.05) is 42.7 Å². The molecule has 0 saturated carbocycles. The number of methoxy groups -OCH3 is 1. The summed E-state index contributed by atoms with van der Waals surface area (Å²) < 4.78 is 5.06. The number of hydrogen-bond donors (Lipinski definition) is 1. The summed E-state index contributed by atoms with van der Waals surface area (Å²) >= 11 is 0. The molecule has 0 radical (unpaired) electrons. The van der Waals surface area contributed by atoms with Crippen LogP contribution in [0.4, 0.5) is 5.69 Å². The molecular formula is C15H19N3O. The molecule has 2 rings (SSSR count). The van der Waals surface area contributed by atoms with Gasteiger partial charge in [-0.05, 0) is 13.3 Å². The number of anilines is 1. The van der Waals surface area contributed by atoms with Crippen LogP contribution in [0.1, 0.15) is 13.3 Å². The fraction of sp³-hybridized carbons (Fsp3) is 0.333. The van der Waals surface area contributed by atoms with Crippen molar-refractivity contribution in [1.82, 2.24) is 9.97 Å². The molecule has 19 heavy (non-hydrogen) atoms. The molecule has 0 saturated heterocycles. The predicted octanol–water partition coefficient (Wildman–Crippen LogP) is 2.98. The smallest absolute Gasteiger partial charge is 0.159 e. The standard InChI is InChI=1S/C15H19N3O/c1-12(8-9-19-2)18-14-10-16-15(17-11-14)13-6-4-3-5-7-13/h3-7,10-12,18H,8-9H2,1-2H3. The van der Waals surface area contributed by atoms with Gasteiger partial charge in [0.25, 0.3) is 0 Å². The monoisotopic (exact) mass is 257 g/mol. The first-order chi connectivity index (χ1) is 9.29. The Kier molecular flexibility index (Phi) is 4.86. The first-order valence-electron chi connectivity index (χ1n) is 6.42. The first kappa shape index (κ1) is 13.5. The van der Waals surface area contributed by atoms with E-state index in [-0.39, 0.29) is 0 Å². The van der Waals surface area contributed by atoms with Gasteiger partial charge in [-0.15, -0.1) is 0 Å². The van der Waals surface area contributed by atoms with E-state index in [0.29, 0.717) is 6.04 Å². The van der Waals surface area contributed by atoms with Gasteiger partial charge in [-0.3, -0.25) is 0 Å². The molecule has 1 N–H and O–H groups in total. The van der Waals surface area contributed by atoms with Gasteiger partial charge in [-0.2, -0.15) is 0 Å². The number of hydrogen-bond acceptors (Lipinski definition) is 4. The Balaban J connectivity index is 1.99. The molecule has 1 unspecified atom stereocenters. The molecule has 0 aliphatic rings. The topological polar surface area (TPSA) is 47.0 Å². The number of nitrogens with zero attached hydrogens (tertiary/aromatic N) is 2. The van der Waals surface area contributed by atoms with E-state index in [9.17, 15) is 0 Å². The Hall–Kier alpha value is -1.94. The lowest BCUT2D eigenvalue weighted by Crippen LogP contribution is -2.17. The van der Waals surface area contributed by atoms with E-state index in [0.717, 1.165) is 30.1 Å². The Morgan fingerprint density at radius 2 is 1.84 bits per heavy atom. The van der Waals surface area contributed by atoms with Gasteiger partial charge in [-0.1, -0.05) is 30.3 Å². The minimum atomic E-state index is 0.339. The second-order valence-corrected chi connectivity index (χ2v) is 4.49. The minimum Gasteiger partial charge on any atom is -0.385 e. The molecular weight excluding hydrogens is 238 g/mol. The van der Waals surface area contributed by atoms with Crippen LogP contribution in [0.15, 0.2) is 42.7 Å². The molecule has 1 atom stereocenters. The summed E-state index contributed by atoms with van der Waals surface area (Å²) in [5, 5.41) is 3.35. The Morgan fingerprint density at radius 3 is 2.47 bits per heavy atom. The van der Waals surface area contributed by atoms with E-state index in [1.165, 1.54) is 0 Å². The maximum Gasteiger partial charge on any atom is 0.159 e. The number of rotatable bonds is 6. The van der Waals surface area contributed by atoms with Gasteiger partial charge < -0.3 is 10.1 Å². The van der Waals surface area contributed by atoms with E-state index in [4.69, 9.17) is 4.74 Å². The SMILES string of the molecule is COCCC(C)Nc1cnc(-c2ccccc2)nc1. The van der Waals surface area contributed by atoms with Crippen molar-refractivity contribution in [3.05, 3.63) is 42.7 Å². The fourth-order valence-corrected chi connectivity index (χ4v) is 1.79. The van der Waals surface area contributed by atoms with Gasteiger partial charge in [0.1, 0.15) is 0 Å². The third-order valence-corrected chi connectivity index (χ3v) is 2.85. The van der Waals surface area contributed by atoms with Crippen LogP contribution in [-0.4, -0.2) is 29.7 Å². The highest BCUT2D eigenvalue weighted by molar-refractivity contribution is 5.55. The van der Waals surface area contributed by atoms with Crippen molar-refractivity contribution in [2.24, 2.45) is 0 Å². The summed E-state index contributed by atoms with van der Waals surface area (Å²) in [4.78, 5) is 8.75. The minimum absolute atomic E-state index is 0.339. The van der Waals surface area contributed by atoms with Crippen molar-refractivity contribution in [2.75, 3.05) is 19.0 Å². The molecule has 4 nitrogen and oxygen atoms in total. The van der Waals surface area contributed by atoms with Crippen molar-refractivity contribution < 1.29 is 4.74 Å². The molecule has 2 aromatic rings. The van der Waals surface area contributed by atoms with E-state index >= 15 is 0 Å². The fourth-order valence-electron chi connectivity index (χ4n) is 1.79. The second-order valence-electron chi connectivity index (χ2n) is 4.49. The number of aromatic nitrogens is 2. The summed E-state index contributed by atoms with van der Waals surface area (Å²) in [5.74, 6) is 0.746. The maximum absolute atomic E-state index is 5.06. The van der Waals surface area contributed by atoms with Crippen LogP contribution in [0.5, 0.6) is 0 Å². The average molecular weight is 257 g/mol. The van der Waals surface area contributed by atoms with Gasteiger partial charge in [-0.25, -0.2) is 9.97 Å². The van der Waals surface area contributed by atoms with Crippen molar-refractivity contribution in [3.8, 4) is 11.4 Å². The molecule has 0 amide bonds. The van der Waals surface area contributed by atoms with Crippen molar-refractivity contribution in [3.63, 3.8) is 0 Å². The zero-order chi connectivity index (χ0) is 13.5. The molecule has 100 valence electrons. The zero-order valence-corrected chi connectivity index (χ0v) is 11.3. The molecule has 4 heteroatoms. The normalized spacial score (nSPS) is 12.1. The Labute approximate surface area is 113 Å². The van der Waals surface area contributed by atoms with Crippen LogP contribution in [0.2, 0.25) is 0 Å².